The Kier molecular flexibility index (Phi) is 2.90. The average molecular weight is 235 g/mol. The Morgan fingerprint density at radius 3 is 2.59 bits per heavy atom. The molecule has 3 rings (SSSR count). The van der Waals surface area contributed by atoms with E-state index in [2.05, 4.69) is 29.3 Å². The maximum absolute atomic E-state index is 5.34. The standard InChI is InChI=1S/C13H21N3O/c1-8(2)13-15-12(17-16-13)7-9-5-10-3-4-11(6-9)14-10/h8-11,14H,3-7H2,1-2H3. The zero-order chi connectivity index (χ0) is 11.8. The number of rotatable bonds is 3. The van der Waals surface area contributed by atoms with Gasteiger partial charge in [0, 0.05) is 24.4 Å². The molecular weight excluding hydrogens is 214 g/mol. The zero-order valence-electron chi connectivity index (χ0n) is 10.6. The van der Waals surface area contributed by atoms with Gasteiger partial charge < -0.3 is 9.84 Å². The number of hydrogen-bond acceptors (Lipinski definition) is 4. The van der Waals surface area contributed by atoms with Gasteiger partial charge in [0.25, 0.3) is 0 Å². The van der Waals surface area contributed by atoms with Crippen molar-refractivity contribution in [2.75, 3.05) is 0 Å². The Morgan fingerprint density at radius 1 is 1.29 bits per heavy atom. The molecule has 3 heterocycles. The Balaban J connectivity index is 1.62. The predicted octanol–water partition coefficient (Wildman–Crippen LogP) is 2.27. The average Bonchev–Trinajstić information content (AvgIpc) is 2.86. The van der Waals surface area contributed by atoms with Crippen molar-refractivity contribution in [1.29, 1.82) is 0 Å². The molecule has 4 nitrogen and oxygen atoms in total. The van der Waals surface area contributed by atoms with Gasteiger partial charge in [-0.25, -0.2) is 0 Å². The van der Waals surface area contributed by atoms with Crippen LogP contribution >= 0.6 is 0 Å². The first kappa shape index (κ1) is 11.2. The number of nitrogens with one attached hydrogen (secondary N) is 1. The predicted molar refractivity (Wildman–Crippen MR) is 64.8 cm³/mol. The number of aromatic nitrogens is 2. The van der Waals surface area contributed by atoms with Crippen molar-refractivity contribution < 1.29 is 4.52 Å². The number of piperidine rings is 1. The van der Waals surface area contributed by atoms with Crippen LogP contribution in [0.5, 0.6) is 0 Å². The van der Waals surface area contributed by atoms with Gasteiger partial charge >= 0.3 is 0 Å². The normalized spacial score (nSPS) is 32.3. The monoisotopic (exact) mass is 235 g/mol. The lowest BCUT2D eigenvalue weighted by Crippen LogP contribution is -2.38. The van der Waals surface area contributed by atoms with Crippen LogP contribution in [0.1, 0.15) is 57.2 Å². The van der Waals surface area contributed by atoms with Gasteiger partial charge in [-0.2, -0.15) is 4.98 Å². The molecule has 0 aliphatic carbocycles. The lowest BCUT2D eigenvalue weighted by molar-refractivity contribution is 0.270. The van der Waals surface area contributed by atoms with E-state index in [1.807, 2.05) is 0 Å². The molecule has 17 heavy (non-hydrogen) atoms. The van der Waals surface area contributed by atoms with E-state index < -0.39 is 0 Å². The fraction of sp³-hybridized carbons (Fsp3) is 0.846. The van der Waals surface area contributed by atoms with Crippen molar-refractivity contribution in [2.45, 2.75) is 64.0 Å². The minimum atomic E-state index is 0.358. The summed E-state index contributed by atoms with van der Waals surface area (Å²) in [6.45, 7) is 4.19. The van der Waals surface area contributed by atoms with Crippen LogP contribution in [0.15, 0.2) is 4.52 Å². The van der Waals surface area contributed by atoms with Gasteiger partial charge in [-0.1, -0.05) is 19.0 Å². The fourth-order valence-electron chi connectivity index (χ4n) is 3.17. The molecule has 1 aromatic heterocycles. The fourth-order valence-corrected chi connectivity index (χ4v) is 3.17. The second-order valence-corrected chi connectivity index (χ2v) is 5.88. The van der Waals surface area contributed by atoms with Crippen LogP contribution in [0, 0.1) is 5.92 Å². The summed E-state index contributed by atoms with van der Waals surface area (Å²) in [6, 6.07) is 1.48. The van der Waals surface area contributed by atoms with Crippen LogP contribution in [-0.2, 0) is 6.42 Å². The maximum atomic E-state index is 5.34. The van der Waals surface area contributed by atoms with Gasteiger partial charge in [-0.3, -0.25) is 0 Å². The molecule has 4 heteroatoms. The molecule has 0 aromatic carbocycles. The summed E-state index contributed by atoms with van der Waals surface area (Å²) in [7, 11) is 0. The van der Waals surface area contributed by atoms with E-state index in [-0.39, 0.29) is 0 Å². The van der Waals surface area contributed by atoms with Gasteiger partial charge in [0.2, 0.25) is 5.89 Å². The highest BCUT2D eigenvalue weighted by atomic mass is 16.5. The van der Waals surface area contributed by atoms with Gasteiger partial charge in [-0.05, 0) is 31.6 Å². The summed E-state index contributed by atoms with van der Waals surface area (Å²) in [4.78, 5) is 4.48. The van der Waals surface area contributed by atoms with Crippen LogP contribution in [-0.4, -0.2) is 22.2 Å². The molecule has 2 unspecified atom stereocenters. The smallest absolute Gasteiger partial charge is 0.226 e. The maximum Gasteiger partial charge on any atom is 0.226 e. The Morgan fingerprint density at radius 2 is 2.00 bits per heavy atom. The lowest BCUT2D eigenvalue weighted by atomic mass is 9.90. The minimum Gasteiger partial charge on any atom is -0.339 e. The van der Waals surface area contributed by atoms with Gasteiger partial charge in [0.1, 0.15) is 0 Å². The van der Waals surface area contributed by atoms with E-state index in [0.29, 0.717) is 5.92 Å². The first-order valence-electron chi connectivity index (χ1n) is 6.79. The summed E-state index contributed by atoms with van der Waals surface area (Å²) in [5.41, 5.74) is 0. The zero-order valence-corrected chi connectivity index (χ0v) is 10.6. The van der Waals surface area contributed by atoms with Gasteiger partial charge in [0.05, 0.1) is 0 Å². The summed E-state index contributed by atoms with van der Waals surface area (Å²) in [5.74, 6) is 2.77. The van der Waals surface area contributed by atoms with Gasteiger partial charge in [0.15, 0.2) is 5.82 Å². The highest BCUT2D eigenvalue weighted by molar-refractivity contribution is 4.97. The van der Waals surface area contributed by atoms with Gasteiger partial charge in [-0.15, -0.1) is 0 Å². The molecule has 1 N–H and O–H groups in total. The number of nitrogens with zero attached hydrogens (tertiary/aromatic N) is 2. The molecule has 94 valence electrons. The Labute approximate surface area is 102 Å². The molecule has 2 aliphatic heterocycles. The largest absolute Gasteiger partial charge is 0.339 e. The molecular formula is C13H21N3O. The first-order chi connectivity index (χ1) is 8.20. The Bertz CT molecular complexity index is 376. The van der Waals surface area contributed by atoms with Crippen LogP contribution in [0.25, 0.3) is 0 Å². The molecule has 1 aromatic rings. The minimum absolute atomic E-state index is 0.358. The quantitative estimate of drug-likeness (QED) is 0.873. The SMILES string of the molecule is CC(C)c1noc(CC2CC3CCC(C2)N3)n1. The van der Waals surface area contributed by atoms with E-state index in [4.69, 9.17) is 4.52 Å². The molecule has 0 amide bonds. The van der Waals surface area contributed by atoms with Crippen molar-refractivity contribution in [3.8, 4) is 0 Å². The Hall–Kier alpha value is -0.900. The topological polar surface area (TPSA) is 51.0 Å². The van der Waals surface area contributed by atoms with E-state index in [1.54, 1.807) is 0 Å². The lowest BCUT2D eigenvalue weighted by Gasteiger charge is -2.28. The van der Waals surface area contributed by atoms with Crippen molar-refractivity contribution in [3.63, 3.8) is 0 Å². The second-order valence-electron chi connectivity index (χ2n) is 5.88. The number of hydrogen-bond donors (Lipinski definition) is 1. The third-order valence-electron chi connectivity index (χ3n) is 4.03. The van der Waals surface area contributed by atoms with Crippen LogP contribution in [0.2, 0.25) is 0 Å². The van der Waals surface area contributed by atoms with Crippen LogP contribution in [0.3, 0.4) is 0 Å². The summed E-state index contributed by atoms with van der Waals surface area (Å²) in [6.07, 6.45) is 6.21. The van der Waals surface area contributed by atoms with E-state index in [1.165, 1.54) is 25.7 Å². The third kappa shape index (κ3) is 2.37. The van der Waals surface area contributed by atoms with E-state index in [0.717, 1.165) is 36.1 Å². The molecule has 2 bridgehead atoms. The van der Waals surface area contributed by atoms with Crippen LogP contribution in [0.4, 0.5) is 0 Å². The molecule has 0 saturated carbocycles. The molecule has 2 aliphatic rings. The highest BCUT2D eigenvalue weighted by Gasteiger charge is 2.34. The van der Waals surface area contributed by atoms with Crippen LogP contribution < -0.4 is 5.32 Å². The van der Waals surface area contributed by atoms with Crippen molar-refractivity contribution in [3.05, 3.63) is 11.7 Å². The molecule has 0 spiro atoms. The summed E-state index contributed by atoms with van der Waals surface area (Å²) < 4.78 is 5.34. The molecule has 2 atom stereocenters. The molecule has 2 saturated heterocycles. The molecule has 2 fully saturated rings. The highest BCUT2D eigenvalue weighted by Crippen LogP contribution is 2.32. The van der Waals surface area contributed by atoms with E-state index in [9.17, 15) is 0 Å². The molecule has 0 radical (unpaired) electrons. The first-order valence-corrected chi connectivity index (χ1v) is 6.79. The third-order valence-corrected chi connectivity index (χ3v) is 4.03. The summed E-state index contributed by atoms with van der Waals surface area (Å²) >= 11 is 0. The van der Waals surface area contributed by atoms with Crippen molar-refractivity contribution in [1.82, 2.24) is 15.5 Å². The number of fused-ring (bicyclic) bond motifs is 2. The summed E-state index contributed by atoms with van der Waals surface area (Å²) in [5, 5.41) is 7.70. The van der Waals surface area contributed by atoms with E-state index >= 15 is 0 Å². The van der Waals surface area contributed by atoms with Crippen molar-refractivity contribution in [2.24, 2.45) is 5.92 Å². The van der Waals surface area contributed by atoms with Crippen molar-refractivity contribution >= 4 is 0 Å². The second kappa shape index (κ2) is 4.41.